The molecule has 1 fully saturated rings. The topological polar surface area (TPSA) is 71.8 Å². The van der Waals surface area contributed by atoms with Crippen LogP contribution in [-0.2, 0) is 12.7 Å². The third-order valence-corrected chi connectivity index (χ3v) is 7.23. The highest BCUT2D eigenvalue weighted by Crippen LogP contribution is 2.32. The highest BCUT2D eigenvalue weighted by molar-refractivity contribution is 5.80. The SMILES string of the molecule is N#Cc1ccc(N2CCN(Cc3ccc(-c4ccc(-c5nc6ccc(C(F)(F)F)cc6[nH]5)cc4)cc3)CC2)nc1. The van der Waals surface area contributed by atoms with Gasteiger partial charge in [-0.15, -0.1) is 0 Å². The summed E-state index contributed by atoms with van der Waals surface area (Å²) in [6, 6.07) is 25.7. The van der Waals surface area contributed by atoms with Crippen molar-refractivity contribution in [2.45, 2.75) is 12.7 Å². The van der Waals surface area contributed by atoms with Crippen LogP contribution in [0.2, 0.25) is 0 Å². The second-order valence-corrected chi connectivity index (χ2v) is 9.87. The quantitative estimate of drug-likeness (QED) is 0.276. The van der Waals surface area contributed by atoms with E-state index in [2.05, 4.69) is 55.1 Å². The molecular formula is C31H25F3N6. The summed E-state index contributed by atoms with van der Waals surface area (Å²) in [5, 5.41) is 8.96. The van der Waals surface area contributed by atoms with Crippen LogP contribution in [0.4, 0.5) is 19.0 Å². The Kier molecular flexibility index (Phi) is 6.70. The zero-order chi connectivity index (χ0) is 27.7. The molecule has 1 N–H and O–H groups in total. The Labute approximate surface area is 229 Å². The lowest BCUT2D eigenvalue weighted by Gasteiger charge is -2.35. The molecule has 3 heterocycles. The minimum absolute atomic E-state index is 0.358. The van der Waals surface area contributed by atoms with Crippen LogP contribution in [0.15, 0.2) is 85.1 Å². The van der Waals surface area contributed by atoms with E-state index in [0.717, 1.165) is 67.4 Å². The number of aromatic amines is 1. The molecule has 3 aromatic carbocycles. The molecule has 0 radical (unpaired) electrons. The van der Waals surface area contributed by atoms with Gasteiger partial charge in [-0.05, 0) is 47.0 Å². The first kappa shape index (κ1) is 25.6. The first-order valence-corrected chi connectivity index (χ1v) is 13.0. The van der Waals surface area contributed by atoms with Crippen LogP contribution in [0, 0.1) is 11.3 Å². The predicted molar refractivity (Wildman–Crippen MR) is 148 cm³/mol. The lowest BCUT2D eigenvalue weighted by atomic mass is 10.0. The van der Waals surface area contributed by atoms with Crippen LogP contribution in [0.1, 0.15) is 16.7 Å². The number of anilines is 1. The number of hydrogen-bond acceptors (Lipinski definition) is 5. The van der Waals surface area contributed by atoms with E-state index in [1.165, 1.54) is 11.6 Å². The van der Waals surface area contributed by atoms with Crippen LogP contribution in [0.5, 0.6) is 0 Å². The Bertz CT molecular complexity index is 1660. The molecule has 40 heavy (non-hydrogen) atoms. The number of nitrogens with one attached hydrogen (secondary N) is 1. The molecule has 0 amide bonds. The van der Waals surface area contributed by atoms with E-state index in [9.17, 15) is 13.2 Å². The Morgan fingerprint density at radius 2 is 1.50 bits per heavy atom. The maximum absolute atomic E-state index is 13.0. The summed E-state index contributed by atoms with van der Waals surface area (Å²) in [4.78, 5) is 16.5. The molecular weight excluding hydrogens is 513 g/mol. The van der Waals surface area contributed by atoms with Gasteiger partial charge in [-0.25, -0.2) is 9.97 Å². The summed E-state index contributed by atoms with van der Waals surface area (Å²) in [5.74, 6) is 1.44. The number of rotatable bonds is 5. The fourth-order valence-electron chi connectivity index (χ4n) is 4.98. The van der Waals surface area contributed by atoms with Gasteiger partial charge in [-0.1, -0.05) is 48.5 Å². The van der Waals surface area contributed by atoms with Crippen molar-refractivity contribution in [1.82, 2.24) is 19.9 Å². The summed E-state index contributed by atoms with van der Waals surface area (Å²) >= 11 is 0. The number of fused-ring (bicyclic) bond motifs is 1. The lowest BCUT2D eigenvalue weighted by molar-refractivity contribution is -0.137. The molecule has 9 heteroatoms. The molecule has 0 atom stereocenters. The van der Waals surface area contributed by atoms with Crippen molar-refractivity contribution < 1.29 is 13.2 Å². The lowest BCUT2D eigenvalue weighted by Crippen LogP contribution is -2.46. The Morgan fingerprint density at radius 3 is 2.12 bits per heavy atom. The average molecular weight is 539 g/mol. The molecule has 200 valence electrons. The van der Waals surface area contributed by atoms with E-state index in [-0.39, 0.29) is 0 Å². The van der Waals surface area contributed by atoms with Crippen molar-refractivity contribution in [3.63, 3.8) is 0 Å². The summed E-state index contributed by atoms with van der Waals surface area (Å²) < 4.78 is 39.1. The van der Waals surface area contributed by atoms with Gasteiger partial charge in [0.2, 0.25) is 0 Å². The summed E-state index contributed by atoms with van der Waals surface area (Å²) in [7, 11) is 0. The van der Waals surface area contributed by atoms with E-state index in [1.54, 1.807) is 12.3 Å². The molecule has 0 spiro atoms. The maximum Gasteiger partial charge on any atom is 0.416 e. The number of alkyl halides is 3. The minimum Gasteiger partial charge on any atom is -0.354 e. The second kappa shape index (κ2) is 10.5. The third kappa shape index (κ3) is 5.40. The highest BCUT2D eigenvalue weighted by Gasteiger charge is 2.30. The number of aromatic nitrogens is 3. The normalized spacial score (nSPS) is 14.4. The van der Waals surface area contributed by atoms with E-state index in [1.807, 2.05) is 30.3 Å². The monoisotopic (exact) mass is 538 g/mol. The van der Waals surface area contributed by atoms with Gasteiger partial charge < -0.3 is 9.88 Å². The Hall–Kier alpha value is -4.68. The molecule has 2 aromatic heterocycles. The van der Waals surface area contributed by atoms with Crippen molar-refractivity contribution in [1.29, 1.82) is 5.26 Å². The number of hydrogen-bond donors (Lipinski definition) is 1. The van der Waals surface area contributed by atoms with E-state index < -0.39 is 11.7 Å². The molecule has 1 saturated heterocycles. The van der Waals surface area contributed by atoms with Crippen LogP contribution in [0.25, 0.3) is 33.5 Å². The first-order valence-electron chi connectivity index (χ1n) is 13.0. The summed E-state index contributed by atoms with van der Waals surface area (Å²) in [6.45, 7) is 4.51. The predicted octanol–water partition coefficient (Wildman–Crippen LogP) is 6.50. The van der Waals surface area contributed by atoms with Gasteiger partial charge in [0.15, 0.2) is 0 Å². The van der Waals surface area contributed by atoms with Gasteiger partial charge in [-0.2, -0.15) is 18.4 Å². The Balaban J connectivity index is 1.07. The van der Waals surface area contributed by atoms with Crippen molar-refractivity contribution in [2.75, 3.05) is 31.1 Å². The van der Waals surface area contributed by atoms with Gasteiger partial charge in [0.1, 0.15) is 17.7 Å². The molecule has 1 aliphatic rings. The number of piperazine rings is 1. The van der Waals surface area contributed by atoms with Crippen molar-refractivity contribution in [2.24, 2.45) is 0 Å². The molecule has 0 unspecified atom stereocenters. The smallest absolute Gasteiger partial charge is 0.354 e. The summed E-state index contributed by atoms with van der Waals surface area (Å²) in [5.41, 5.74) is 4.91. The summed E-state index contributed by atoms with van der Waals surface area (Å²) in [6.07, 6.45) is -2.78. The number of benzene rings is 3. The maximum atomic E-state index is 13.0. The molecule has 0 saturated carbocycles. The van der Waals surface area contributed by atoms with E-state index >= 15 is 0 Å². The highest BCUT2D eigenvalue weighted by atomic mass is 19.4. The standard InChI is InChI=1S/C31H25F3N6/c32-31(33,34)26-10-11-27-28(17-26)38-30(37-27)25-8-6-24(7-9-25)23-4-1-21(2-5-23)20-39-13-15-40(16-14-39)29-12-3-22(18-35)19-36-29/h1-12,17,19H,13-16,20H2,(H,37,38). The largest absolute Gasteiger partial charge is 0.416 e. The van der Waals surface area contributed by atoms with Gasteiger partial charge in [0.05, 0.1) is 22.2 Å². The van der Waals surface area contributed by atoms with Crippen LogP contribution in [-0.4, -0.2) is 46.0 Å². The van der Waals surface area contributed by atoms with Gasteiger partial charge in [-0.3, -0.25) is 4.90 Å². The molecule has 6 nitrogen and oxygen atoms in total. The second-order valence-electron chi connectivity index (χ2n) is 9.87. The van der Waals surface area contributed by atoms with Crippen LogP contribution < -0.4 is 4.90 Å². The molecule has 1 aliphatic heterocycles. The average Bonchev–Trinajstić information content (AvgIpc) is 3.42. The number of nitrogens with zero attached hydrogens (tertiary/aromatic N) is 5. The zero-order valence-electron chi connectivity index (χ0n) is 21.5. The number of halogens is 3. The van der Waals surface area contributed by atoms with Crippen molar-refractivity contribution in [3.8, 4) is 28.6 Å². The molecule has 0 bridgehead atoms. The Morgan fingerprint density at radius 1 is 0.825 bits per heavy atom. The van der Waals surface area contributed by atoms with Gasteiger partial charge >= 0.3 is 6.18 Å². The van der Waals surface area contributed by atoms with E-state index in [4.69, 9.17) is 5.26 Å². The first-order chi connectivity index (χ1) is 19.4. The van der Waals surface area contributed by atoms with E-state index in [0.29, 0.717) is 22.4 Å². The third-order valence-electron chi connectivity index (χ3n) is 7.23. The fourth-order valence-corrected chi connectivity index (χ4v) is 4.98. The number of pyridine rings is 1. The minimum atomic E-state index is -4.39. The van der Waals surface area contributed by atoms with Crippen LogP contribution >= 0.6 is 0 Å². The fraction of sp³-hybridized carbons (Fsp3) is 0.194. The zero-order valence-corrected chi connectivity index (χ0v) is 21.5. The molecule has 0 aliphatic carbocycles. The molecule has 6 rings (SSSR count). The van der Waals surface area contributed by atoms with Gasteiger partial charge in [0.25, 0.3) is 0 Å². The number of imidazole rings is 1. The van der Waals surface area contributed by atoms with Crippen LogP contribution in [0.3, 0.4) is 0 Å². The number of nitriles is 1. The van der Waals surface area contributed by atoms with Gasteiger partial charge in [0, 0.05) is 44.5 Å². The van der Waals surface area contributed by atoms with Crippen molar-refractivity contribution >= 4 is 16.9 Å². The molecule has 5 aromatic rings. The van der Waals surface area contributed by atoms with Crippen molar-refractivity contribution in [3.05, 3.63) is 102 Å². The number of H-pyrrole nitrogens is 1.